The normalized spacial score (nSPS) is 42.3. The molecule has 2 N–H and O–H groups in total. The van der Waals surface area contributed by atoms with Gasteiger partial charge in [-0.15, -0.1) is 8.67 Å². The summed E-state index contributed by atoms with van der Waals surface area (Å²) in [6.07, 6.45) is -2.13. The first-order chi connectivity index (χ1) is 22.9. The van der Waals surface area contributed by atoms with Gasteiger partial charge in [0.25, 0.3) is 0 Å². The molecule has 8 unspecified atom stereocenters. The first kappa shape index (κ1) is 38.9. The molecule has 4 aliphatic carbocycles. The quantitative estimate of drug-likeness (QED) is 0.0280. The molecule has 0 aromatic heterocycles. The van der Waals surface area contributed by atoms with Crippen LogP contribution in [0.3, 0.4) is 0 Å². The lowest BCUT2D eigenvalue weighted by atomic mass is 9.43. The van der Waals surface area contributed by atoms with Gasteiger partial charge < -0.3 is 34.9 Å². The van der Waals surface area contributed by atoms with Crippen LogP contribution >= 0.6 is 47.2 Å². The van der Waals surface area contributed by atoms with Crippen molar-refractivity contribution in [2.45, 2.75) is 115 Å². The number of aliphatic hydroxyl groups is 1. The van der Waals surface area contributed by atoms with Gasteiger partial charge in [-0.3, -0.25) is 28.0 Å². The number of carbonyl (C=O) groups excluding carboxylic acids is 1. The zero-order valence-electron chi connectivity index (χ0n) is 26.9. The Kier molecular flexibility index (Phi) is 13.4. The lowest BCUT2D eigenvalue weighted by molar-refractivity contribution is -0.778. The van der Waals surface area contributed by atoms with Gasteiger partial charge in [-0.05, 0) is 79.6 Å². The molecule has 0 amide bonds. The van der Waals surface area contributed by atoms with Crippen molar-refractivity contribution in [2.75, 3.05) is 4.43 Å². The molecule has 1 heterocycles. The molecule has 274 valence electrons. The number of ether oxygens (including phenoxy) is 3. The second kappa shape index (κ2) is 16.6. The molecule has 13 atom stereocenters. The maximum absolute atomic E-state index is 13.1. The van der Waals surface area contributed by atoms with Crippen LogP contribution in [0, 0.1) is 40.4 Å². The third-order valence-electron chi connectivity index (χ3n) is 11.4. The number of carbonyl (C=O) groups is 2. The van der Waals surface area contributed by atoms with Crippen molar-refractivity contribution in [3.8, 4) is 0 Å². The van der Waals surface area contributed by atoms with Crippen LogP contribution in [0.15, 0.2) is 12.2 Å². The fraction of sp³-hybridized carbons (Fsp3) is 0.867. The minimum atomic E-state index is -1.31. The Morgan fingerprint density at radius 2 is 1.77 bits per heavy atom. The Balaban J connectivity index is 1.46. The predicted octanol–water partition coefficient (Wildman–Crippen LogP) is 3.08. The molecule has 48 heavy (non-hydrogen) atoms. The Morgan fingerprint density at radius 1 is 1.08 bits per heavy atom. The van der Waals surface area contributed by atoms with Gasteiger partial charge in [0, 0.05) is 16.3 Å². The highest BCUT2D eigenvalue weighted by molar-refractivity contribution is 14.1. The largest absolute Gasteiger partial charge is 0.691 e. The summed E-state index contributed by atoms with van der Waals surface area (Å²) in [4.78, 5) is 25.9. The maximum Gasteiger partial charge on any atom is 0.306 e. The van der Waals surface area contributed by atoms with Gasteiger partial charge in [0.1, 0.15) is 18.3 Å². The van der Waals surface area contributed by atoms with Crippen molar-refractivity contribution < 1.29 is 71.6 Å². The summed E-state index contributed by atoms with van der Waals surface area (Å²) in [5, 5.41) is 49.8. The minimum Gasteiger partial charge on any atom is -0.691 e. The number of esters is 1. The molecule has 18 heteroatoms. The molecule has 0 aromatic carbocycles. The fourth-order valence-electron chi connectivity index (χ4n) is 9.67. The number of hydrogen-bond acceptors (Lipinski definition) is 16. The van der Waals surface area contributed by atoms with Crippen LogP contribution in [0.4, 0.5) is 0 Å². The first-order valence-electron chi connectivity index (χ1n) is 16.1. The average molecular weight is 833 g/mol. The maximum atomic E-state index is 13.1. The van der Waals surface area contributed by atoms with E-state index in [-0.39, 0.29) is 66.6 Å². The van der Waals surface area contributed by atoms with E-state index in [1.165, 1.54) is 0 Å². The second-order valence-corrected chi connectivity index (χ2v) is 16.1. The monoisotopic (exact) mass is 832 g/mol. The average Bonchev–Trinajstić information content (AvgIpc) is 3.21. The van der Waals surface area contributed by atoms with Crippen molar-refractivity contribution in [1.82, 2.24) is 0 Å². The third-order valence-corrected chi connectivity index (χ3v) is 13.1. The number of hydrogen-bond donors (Lipinski definition) is 2. The van der Waals surface area contributed by atoms with Crippen molar-refractivity contribution in [1.29, 1.82) is 0 Å². The molecule has 4 saturated carbocycles. The number of rotatable bonds is 15. The van der Waals surface area contributed by atoms with Crippen LogP contribution in [0.5, 0.6) is 0 Å². The summed E-state index contributed by atoms with van der Waals surface area (Å²) in [6.45, 7) is 10.1. The standard InChI is InChI=1S/C30H45IO15S2/c1-14(2)9-22(32)40-25-24(42-48-46-44-37)23(41-47-45-43-36)20(13-31)39-28(25)38-17-10-18(27(34)35)19-7-8-30-11-16(15(3)26(30)33)5-6-21(30)29(19,4)12-17/h14,16-21,23-26,28,33,36-37H,3,5-13H2,1-2,4H3,(H,34,35)/p-2/t16?,17?,18?,19?,20-,21?,23+,24-,25?,26-,28+,29?,30?/m0/s1/i31-2. The molecular weight excluding hydrogens is 789 g/mol. The van der Waals surface area contributed by atoms with E-state index in [2.05, 4.69) is 54.8 Å². The highest BCUT2D eigenvalue weighted by Gasteiger charge is 2.67. The Bertz CT molecular complexity index is 1150. The lowest BCUT2D eigenvalue weighted by Gasteiger charge is -2.62. The van der Waals surface area contributed by atoms with E-state index in [0.717, 1.165) is 31.3 Å². The molecule has 0 aromatic rings. The number of alkyl halides is 1. The smallest absolute Gasteiger partial charge is 0.306 e. The van der Waals surface area contributed by atoms with Gasteiger partial charge >= 0.3 is 11.9 Å². The molecule has 5 fully saturated rings. The van der Waals surface area contributed by atoms with Crippen LogP contribution < -0.4 is 10.5 Å². The van der Waals surface area contributed by atoms with Crippen molar-refractivity contribution in [3.05, 3.63) is 12.2 Å². The highest BCUT2D eigenvalue weighted by atomic mass is 125. The van der Waals surface area contributed by atoms with Crippen molar-refractivity contribution in [2.24, 2.45) is 40.4 Å². The number of carboxylic acid groups (broad SMARTS) is 1. The van der Waals surface area contributed by atoms with E-state index in [1.807, 2.05) is 13.8 Å². The molecule has 0 radical (unpaired) electrons. The van der Waals surface area contributed by atoms with E-state index in [4.69, 9.17) is 22.6 Å². The van der Waals surface area contributed by atoms with Crippen LogP contribution in [-0.2, 0) is 50.9 Å². The van der Waals surface area contributed by atoms with Crippen molar-refractivity contribution >= 4 is 59.2 Å². The summed E-state index contributed by atoms with van der Waals surface area (Å²) < 4.78 is 39.2. The van der Waals surface area contributed by atoms with E-state index in [9.17, 15) is 30.3 Å². The molecule has 1 aliphatic heterocycles. The number of halogens is 1. The van der Waals surface area contributed by atoms with Crippen LogP contribution in [0.25, 0.3) is 0 Å². The number of fused-ring (bicyclic) bond motifs is 3. The highest BCUT2D eigenvalue weighted by Crippen LogP contribution is 2.70. The van der Waals surface area contributed by atoms with Gasteiger partial charge in [0.15, 0.2) is 37.0 Å². The number of aliphatic hydroxyl groups excluding tert-OH is 1. The zero-order chi connectivity index (χ0) is 34.8. The van der Waals surface area contributed by atoms with Crippen LogP contribution in [-0.4, -0.2) is 69.5 Å². The second-order valence-electron chi connectivity index (χ2n) is 14.3. The Morgan fingerprint density at radius 3 is 2.40 bits per heavy atom. The molecule has 2 bridgehead atoms. The van der Waals surface area contributed by atoms with E-state index in [1.54, 1.807) is 0 Å². The summed E-state index contributed by atoms with van der Waals surface area (Å²) in [6, 6.07) is 0. The number of carboxylic acids is 1. The molecular formula is C30H43IO15S2-2. The summed E-state index contributed by atoms with van der Waals surface area (Å²) in [5.74, 6) is -2.05. The SMILES string of the molecule is C=C1C2CCC3C4(C)CC(O[C@@H]5O[C@@H](C[125I])[C@@H](OSOO[O-])[C@H](OSOO[O-])C5OC(=O)CC(C)C)CC(C(=O)O)C4CCC3(C2)[C@H]1O. The topological polar surface area (TPSA) is 204 Å². The van der Waals surface area contributed by atoms with Crippen LogP contribution in [0.2, 0.25) is 0 Å². The Hall–Kier alpha value is -0.330. The fourth-order valence-corrected chi connectivity index (χ4v) is 11.1. The van der Waals surface area contributed by atoms with Gasteiger partial charge in [0.2, 0.25) is 0 Å². The third kappa shape index (κ3) is 7.72. The van der Waals surface area contributed by atoms with Gasteiger partial charge in [-0.25, -0.2) is 0 Å². The first-order valence-corrected chi connectivity index (χ1v) is 19.0. The minimum absolute atomic E-state index is 0.0506. The molecule has 5 rings (SSSR count). The van der Waals surface area contributed by atoms with E-state index >= 15 is 0 Å². The zero-order valence-corrected chi connectivity index (χ0v) is 30.7. The van der Waals surface area contributed by atoms with Gasteiger partial charge in [0.05, 0.1) is 18.1 Å². The summed E-state index contributed by atoms with van der Waals surface area (Å²) in [5.41, 5.74) is 0.0589. The Labute approximate surface area is 301 Å². The van der Waals surface area contributed by atoms with Crippen LogP contribution in [0.1, 0.15) is 72.1 Å². The van der Waals surface area contributed by atoms with Crippen molar-refractivity contribution in [3.63, 3.8) is 0 Å². The summed E-state index contributed by atoms with van der Waals surface area (Å²) >= 11 is 2.43. The van der Waals surface area contributed by atoms with Gasteiger partial charge in [-0.1, -0.05) is 49.9 Å². The summed E-state index contributed by atoms with van der Waals surface area (Å²) in [7, 11) is 0. The predicted molar refractivity (Wildman–Crippen MR) is 171 cm³/mol. The lowest BCUT2D eigenvalue weighted by Crippen LogP contribution is -2.63. The molecule has 5 aliphatic rings. The van der Waals surface area contributed by atoms with Gasteiger partial charge in [-0.2, -0.15) is 0 Å². The van der Waals surface area contributed by atoms with E-state index in [0.29, 0.717) is 17.3 Å². The molecule has 1 spiro atoms. The van der Waals surface area contributed by atoms with E-state index < -0.39 is 66.2 Å². The molecule has 15 nitrogen and oxygen atoms in total. The molecule has 1 saturated heterocycles. The number of aliphatic carboxylic acids is 1.